The minimum absolute atomic E-state index is 0.766. The maximum absolute atomic E-state index is 3.50. The third kappa shape index (κ3) is 2.78. The van der Waals surface area contributed by atoms with E-state index in [4.69, 9.17) is 0 Å². The summed E-state index contributed by atoms with van der Waals surface area (Å²) in [5, 5.41) is 3.50. The molecule has 12 heavy (non-hydrogen) atoms. The third-order valence-corrected chi connectivity index (χ3v) is 2.95. The quantitative estimate of drug-likeness (QED) is 0.665. The Morgan fingerprint density at radius 1 is 1.42 bits per heavy atom. The normalized spacial score (nSPS) is 21.5. The van der Waals surface area contributed by atoms with Crippen LogP contribution in [0.3, 0.4) is 0 Å². The van der Waals surface area contributed by atoms with Crippen molar-refractivity contribution in [2.24, 2.45) is 5.92 Å². The highest BCUT2D eigenvalue weighted by atomic mass is 14.9. The second kappa shape index (κ2) is 5.58. The molecule has 0 saturated heterocycles. The van der Waals surface area contributed by atoms with Crippen LogP contribution >= 0.6 is 0 Å². The molecule has 1 atom stereocenters. The first-order chi connectivity index (χ1) is 5.88. The number of hydrogen-bond acceptors (Lipinski definition) is 1. The van der Waals surface area contributed by atoms with Crippen LogP contribution < -0.4 is 5.32 Å². The van der Waals surface area contributed by atoms with Crippen molar-refractivity contribution in [3.05, 3.63) is 6.54 Å². The summed E-state index contributed by atoms with van der Waals surface area (Å²) in [4.78, 5) is 0. The van der Waals surface area contributed by atoms with Crippen molar-refractivity contribution in [2.75, 3.05) is 0 Å². The van der Waals surface area contributed by atoms with Crippen LogP contribution in [0.2, 0.25) is 0 Å². The van der Waals surface area contributed by atoms with Crippen molar-refractivity contribution in [2.45, 2.75) is 58.4 Å². The molecule has 1 aliphatic rings. The van der Waals surface area contributed by atoms with Gasteiger partial charge < -0.3 is 5.32 Å². The second-order valence-corrected chi connectivity index (χ2v) is 3.90. The van der Waals surface area contributed by atoms with E-state index in [0.717, 1.165) is 12.0 Å². The lowest BCUT2D eigenvalue weighted by molar-refractivity contribution is 0.358. The Kier molecular flexibility index (Phi) is 4.67. The van der Waals surface area contributed by atoms with Crippen LogP contribution in [-0.4, -0.2) is 6.04 Å². The molecule has 0 aromatic heterocycles. The monoisotopic (exact) mass is 168 g/mol. The van der Waals surface area contributed by atoms with Crippen LogP contribution in [0.1, 0.15) is 52.4 Å². The second-order valence-electron chi connectivity index (χ2n) is 3.90. The van der Waals surface area contributed by atoms with Crippen LogP contribution in [0, 0.1) is 12.5 Å². The highest BCUT2D eigenvalue weighted by molar-refractivity contribution is 4.81. The summed E-state index contributed by atoms with van der Waals surface area (Å²) in [7, 11) is 0. The van der Waals surface area contributed by atoms with Crippen molar-refractivity contribution in [3.8, 4) is 0 Å². The van der Waals surface area contributed by atoms with Gasteiger partial charge in [-0.05, 0) is 32.1 Å². The maximum Gasteiger partial charge on any atom is 0.0193 e. The first-order valence-electron chi connectivity index (χ1n) is 5.42. The first kappa shape index (κ1) is 10.0. The Hall–Kier alpha value is -0.0400. The fourth-order valence-electron chi connectivity index (χ4n) is 2.34. The van der Waals surface area contributed by atoms with E-state index in [2.05, 4.69) is 25.7 Å². The standard InChI is InChI=1S/C11H22N/c1-3-7-11(12-4-2)10-8-5-6-9-10/h4,10-12H,3,5-9H2,1-2H3. The van der Waals surface area contributed by atoms with Gasteiger partial charge in [0, 0.05) is 12.6 Å². The summed E-state index contributed by atoms with van der Waals surface area (Å²) >= 11 is 0. The lowest BCUT2D eigenvalue weighted by Crippen LogP contribution is -2.32. The van der Waals surface area contributed by atoms with E-state index in [0.29, 0.717) is 0 Å². The Balaban J connectivity index is 2.29. The van der Waals surface area contributed by atoms with Gasteiger partial charge >= 0.3 is 0 Å². The Bertz CT molecular complexity index is 99.6. The minimum atomic E-state index is 0.766. The number of rotatable bonds is 5. The molecule has 0 aromatic carbocycles. The van der Waals surface area contributed by atoms with Gasteiger partial charge in [0.05, 0.1) is 0 Å². The summed E-state index contributed by atoms with van der Waals surface area (Å²) in [6, 6.07) is 0.766. The van der Waals surface area contributed by atoms with Gasteiger partial charge in [-0.25, -0.2) is 0 Å². The average Bonchev–Trinajstić information content (AvgIpc) is 2.56. The molecule has 0 heterocycles. The fourth-order valence-corrected chi connectivity index (χ4v) is 2.34. The average molecular weight is 168 g/mol. The van der Waals surface area contributed by atoms with E-state index in [9.17, 15) is 0 Å². The molecule has 0 aromatic rings. The lowest BCUT2D eigenvalue weighted by Gasteiger charge is -2.23. The molecule has 1 rings (SSSR count). The van der Waals surface area contributed by atoms with E-state index in [-0.39, 0.29) is 0 Å². The summed E-state index contributed by atoms with van der Waals surface area (Å²) in [6.07, 6.45) is 8.46. The van der Waals surface area contributed by atoms with Crippen molar-refractivity contribution in [1.82, 2.24) is 5.32 Å². The van der Waals surface area contributed by atoms with Crippen LogP contribution in [0.25, 0.3) is 0 Å². The predicted octanol–water partition coefficient (Wildman–Crippen LogP) is 3.12. The van der Waals surface area contributed by atoms with Crippen molar-refractivity contribution in [1.29, 1.82) is 0 Å². The van der Waals surface area contributed by atoms with Gasteiger partial charge in [0.1, 0.15) is 0 Å². The molecule has 1 heteroatoms. The number of nitrogens with one attached hydrogen (secondary N) is 1. The molecule has 0 aliphatic heterocycles. The smallest absolute Gasteiger partial charge is 0.0193 e. The Labute approximate surface area is 76.9 Å². The van der Waals surface area contributed by atoms with Gasteiger partial charge in [-0.15, -0.1) is 0 Å². The van der Waals surface area contributed by atoms with Gasteiger partial charge in [-0.3, -0.25) is 0 Å². The minimum Gasteiger partial charge on any atom is -0.310 e. The molecule has 1 unspecified atom stereocenters. The Morgan fingerprint density at radius 2 is 2.08 bits per heavy atom. The largest absolute Gasteiger partial charge is 0.310 e. The van der Waals surface area contributed by atoms with Gasteiger partial charge in [-0.2, -0.15) is 0 Å². The molecule has 71 valence electrons. The molecule has 0 bridgehead atoms. The maximum atomic E-state index is 3.50. The summed E-state index contributed by atoms with van der Waals surface area (Å²) in [5.74, 6) is 0.959. The molecule has 1 nitrogen and oxygen atoms in total. The molecule has 1 radical (unpaired) electrons. The molecule has 1 saturated carbocycles. The molecule has 1 N–H and O–H groups in total. The van der Waals surface area contributed by atoms with E-state index >= 15 is 0 Å². The molecular formula is C11H22N. The molecule has 1 fully saturated rings. The van der Waals surface area contributed by atoms with Gasteiger partial charge in [-0.1, -0.05) is 26.2 Å². The van der Waals surface area contributed by atoms with Crippen LogP contribution in [-0.2, 0) is 0 Å². The molecule has 0 amide bonds. The molecule has 1 aliphatic carbocycles. The topological polar surface area (TPSA) is 12.0 Å². The van der Waals surface area contributed by atoms with Crippen molar-refractivity contribution >= 4 is 0 Å². The molecule has 0 spiro atoms. The lowest BCUT2D eigenvalue weighted by atomic mass is 9.94. The van der Waals surface area contributed by atoms with Crippen molar-refractivity contribution in [3.63, 3.8) is 0 Å². The predicted molar refractivity (Wildman–Crippen MR) is 53.8 cm³/mol. The van der Waals surface area contributed by atoms with Crippen molar-refractivity contribution < 1.29 is 0 Å². The number of hydrogen-bond donors (Lipinski definition) is 1. The van der Waals surface area contributed by atoms with Gasteiger partial charge in [0.25, 0.3) is 0 Å². The van der Waals surface area contributed by atoms with E-state index in [1.807, 2.05) is 0 Å². The van der Waals surface area contributed by atoms with E-state index in [1.165, 1.54) is 38.5 Å². The van der Waals surface area contributed by atoms with E-state index in [1.54, 1.807) is 0 Å². The highest BCUT2D eigenvalue weighted by Crippen LogP contribution is 2.29. The SMILES string of the molecule is C[CH]NC(CCC)C1CCCC1. The third-order valence-electron chi connectivity index (χ3n) is 2.95. The summed E-state index contributed by atoms with van der Waals surface area (Å²) in [6.45, 7) is 6.48. The zero-order valence-corrected chi connectivity index (χ0v) is 8.47. The Morgan fingerprint density at radius 3 is 2.58 bits per heavy atom. The molecular weight excluding hydrogens is 146 g/mol. The van der Waals surface area contributed by atoms with Crippen LogP contribution in [0.4, 0.5) is 0 Å². The zero-order valence-electron chi connectivity index (χ0n) is 8.47. The summed E-state index contributed by atoms with van der Waals surface area (Å²) < 4.78 is 0. The fraction of sp³-hybridized carbons (Fsp3) is 0.909. The van der Waals surface area contributed by atoms with Gasteiger partial charge in [0.2, 0.25) is 0 Å². The summed E-state index contributed by atoms with van der Waals surface area (Å²) in [5.41, 5.74) is 0. The van der Waals surface area contributed by atoms with Crippen LogP contribution in [0.15, 0.2) is 0 Å². The van der Waals surface area contributed by atoms with Crippen LogP contribution in [0.5, 0.6) is 0 Å². The first-order valence-corrected chi connectivity index (χ1v) is 5.42. The zero-order chi connectivity index (χ0) is 8.81. The highest BCUT2D eigenvalue weighted by Gasteiger charge is 2.23. The van der Waals surface area contributed by atoms with E-state index < -0.39 is 0 Å². The van der Waals surface area contributed by atoms with Gasteiger partial charge in [0.15, 0.2) is 0 Å².